The highest BCUT2D eigenvalue weighted by Gasteiger charge is 2.41. The van der Waals surface area contributed by atoms with Crippen LogP contribution in [-0.2, 0) is 4.79 Å². The molecule has 0 amide bonds. The Bertz CT molecular complexity index is 2270. The molecule has 5 aromatic rings. The number of aliphatic hydroxyl groups is 1. The van der Waals surface area contributed by atoms with E-state index in [1.165, 1.54) is 40.4 Å². The number of anilines is 2. The Morgan fingerprint density at radius 1 is 0.867 bits per heavy atom. The van der Waals surface area contributed by atoms with Gasteiger partial charge in [0, 0.05) is 56.8 Å². The topological polar surface area (TPSA) is 143 Å². The number of methoxy groups -OCH3 is 3. The first kappa shape index (κ1) is 28.9. The van der Waals surface area contributed by atoms with Crippen LogP contribution in [0.3, 0.4) is 0 Å². The molecular weight excluding hydrogens is 576 g/mol. The SMILES string of the molecule is COc1c(O)c2c(=O)cc(OC)c3c4c(OC)cc(=O)c5c6c(c7c(c(c1C(C(C)=O)C(C)=C7)c23)c54)NC(C)(C)C(CCO)N6. The van der Waals surface area contributed by atoms with E-state index in [9.17, 15) is 24.6 Å². The number of rotatable bonds is 6. The van der Waals surface area contributed by atoms with Gasteiger partial charge in [0.15, 0.2) is 22.4 Å². The third-order valence-electron chi connectivity index (χ3n) is 9.74. The molecule has 1 aliphatic heterocycles. The number of allylic oxidation sites excluding steroid dienone is 1. The molecule has 5 aromatic carbocycles. The lowest BCUT2D eigenvalue weighted by Crippen LogP contribution is -2.52. The number of aromatic hydroxyl groups is 1. The summed E-state index contributed by atoms with van der Waals surface area (Å²) in [6.07, 6.45) is 2.37. The van der Waals surface area contributed by atoms with Gasteiger partial charge in [0.05, 0.1) is 61.0 Å². The Hall–Kier alpha value is -4.83. The second-order valence-corrected chi connectivity index (χ2v) is 12.6. The van der Waals surface area contributed by atoms with Crippen LogP contribution in [0.2, 0.25) is 0 Å². The highest BCUT2D eigenvalue weighted by molar-refractivity contribution is 6.41. The number of carbonyl (C=O) groups excluding carboxylic acids is 1. The summed E-state index contributed by atoms with van der Waals surface area (Å²) in [4.78, 5) is 41.4. The molecule has 2 aliphatic rings. The van der Waals surface area contributed by atoms with Crippen LogP contribution in [0.4, 0.5) is 11.4 Å². The molecule has 0 radical (unpaired) electrons. The molecule has 1 aliphatic carbocycles. The lowest BCUT2D eigenvalue weighted by Gasteiger charge is -2.43. The van der Waals surface area contributed by atoms with Crippen LogP contribution in [0.5, 0.6) is 23.0 Å². The molecule has 1 heterocycles. The molecule has 2 atom stereocenters. The summed E-state index contributed by atoms with van der Waals surface area (Å²) >= 11 is 0. The largest absolute Gasteiger partial charge is 0.504 e. The molecule has 0 bridgehead atoms. The second kappa shape index (κ2) is 9.58. The minimum atomic E-state index is -0.830. The van der Waals surface area contributed by atoms with Crippen molar-refractivity contribution >= 4 is 66.3 Å². The van der Waals surface area contributed by atoms with Gasteiger partial charge in [-0.1, -0.05) is 11.6 Å². The average molecular weight is 611 g/mol. The van der Waals surface area contributed by atoms with Crippen molar-refractivity contribution < 1.29 is 29.2 Å². The zero-order valence-corrected chi connectivity index (χ0v) is 26.1. The maximum absolute atomic E-state index is 14.2. The van der Waals surface area contributed by atoms with Crippen LogP contribution in [0.25, 0.3) is 49.2 Å². The quantitative estimate of drug-likeness (QED) is 0.152. The number of ether oxygens (including phenoxy) is 3. The van der Waals surface area contributed by atoms with E-state index in [4.69, 9.17) is 14.2 Å². The van der Waals surface area contributed by atoms with E-state index in [2.05, 4.69) is 10.6 Å². The minimum Gasteiger partial charge on any atom is -0.504 e. The van der Waals surface area contributed by atoms with Crippen molar-refractivity contribution in [1.29, 1.82) is 0 Å². The van der Waals surface area contributed by atoms with E-state index >= 15 is 0 Å². The predicted octanol–water partition coefficient (Wildman–Crippen LogP) is 5.08. The van der Waals surface area contributed by atoms with Gasteiger partial charge in [0.1, 0.15) is 17.3 Å². The summed E-state index contributed by atoms with van der Waals surface area (Å²) in [6.45, 7) is 7.32. The second-order valence-electron chi connectivity index (χ2n) is 12.6. The summed E-state index contributed by atoms with van der Waals surface area (Å²) in [7, 11) is 4.33. The van der Waals surface area contributed by atoms with Gasteiger partial charge in [-0.05, 0) is 39.5 Å². The van der Waals surface area contributed by atoms with Gasteiger partial charge in [-0.3, -0.25) is 14.4 Å². The van der Waals surface area contributed by atoms with Crippen molar-refractivity contribution in [2.45, 2.75) is 51.6 Å². The zero-order chi connectivity index (χ0) is 32.3. The Morgan fingerprint density at radius 2 is 1.47 bits per heavy atom. The van der Waals surface area contributed by atoms with Crippen LogP contribution in [0.1, 0.15) is 51.2 Å². The van der Waals surface area contributed by atoms with Crippen LogP contribution in [-0.4, -0.2) is 55.5 Å². The van der Waals surface area contributed by atoms with Gasteiger partial charge in [-0.2, -0.15) is 0 Å². The number of hydrogen-bond acceptors (Lipinski definition) is 10. The fraction of sp³-hybridized carbons (Fsp3) is 0.343. The number of nitrogens with one attached hydrogen (secondary N) is 2. The lowest BCUT2D eigenvalue weighted by atomic mass is 9.79. The molecule has 0 fully saturated rings. The van der Waals surface area contributed by atoms with E-state index in [-0.39, 0.29) is 52.2 Å². The minimum absolute atomic E-state index is 0.0217. The summed E-state index contributed by atoms with van der Waals surface area (Å²) in [5.74, 6) is -0.839. The highest BCUT2D eigenvalue weighted by atomic mass is 16.5. The Balaban J connectivity index is 1.93. The monoisotopic (exact) mass is 610 g/mol. The Labute approximate surface area is 257 Å². The molecule has 0 aromatic heterocycles. The molecule has 2 unspecified atom stereocenters. The number of aliphatic hydroxyl groups excluding tert-OH is 1. The molecule has 10 heteroatoms. The Kier molecular flexibility index (Phi) is 6.16. The zero-order valence-electron chi connectivity index (χ0n) is 26.1. The van der Waals surface area contributed by atoms with Gasteiger partial charge >= 0.3 is 0 Å². The van der Waals surface area contributed by atoms with Crippen LogP contribution in [0, 0.1) is 0 Å². The van der Waals surface area contributed by atoms with Gasteiger partial charge < -0.3 is 35.1 Å². The van der Waals surface area contributed by atoms with Gasteiger partial charge in [-0.25, -0.2) is 0 Å². The summed E-state index contributed by atoms with van der Waals surface area (Å²) < 4.78 is 17.5. The van der Waals surface area contributed by atoms with Crippen LogP contribution < -0.4 is 35.7 Å². The molecule has 0 spiro atoms. The van der Waals surface area contributed by atoms with E-state index in [1.54, 1.807) is 0 Å². The predicted molar refractivity (Wildman–Crippen MR) is 177 cm³/mol. The highest BCUT2D eigenvalue weighted by Crippen LogP contribution is 2.58. The third-order valence-corrected chi connectivity index (χ3v) is 9.74. The molecule has 45 heavy (non-hydrogen) atoms. The molecule has 232 valence electrons. The fourth-order valence-corrected chi connectivity index (χ4v) is 7.89. The number of carbonyl (C=O) groups is 1. The third kappa shape index (κ3) is 3.57. The summed E-state index contributed by atoms with van der Waals surface area (Å²) in [6, 6.07) is 2.51. The maximum Gasteiger partial charge on any atom is 0.194 e. The number of fused-ring (bicyclic) bond motifs is 4. The summed E-state index contributed by atoms with van der Waals surface area (Å²) in [5.41, 5.74) is 1.73. The lowest BCUT2D eigenvalue weighted by molar-refractivity contribution is -0.117. The first-order chi connectivity index (χ1) is 21.4. The molecule has 7 rings (SSSR count). The number of benzene rings is 5. The van der Waals surface area contributed by atoms with Crippen molar-refractivity contribution in [2.75, 3.05) is 38.6 Å². The number of phenols is 1. The van der Waals surface area contributed by atoms with Gasteiger partial charge in [0.2, 0.25) is 0 Å². The van der Waals surface area contributed by atoms with Crippen LogP contribution in [0.15, 0.2) is 27.3 Å². The van der Waals surface area contributed by atoms with Crippen molar-refractivity contribution in [2.24, 2.45) is 0 Å². The molecular formula is C35H34N2O8. The average Bonchev–Trinajstić information content (AvgIpc) is 3.12. The first-order valence-electron chi connectivity index (χ1n) is 14.8. The number of ketones is 1. The smallest absolute Gasteiger partial charge is 0.194 e. The van der Waals surface area contributed by atoms with Gasteiger partial charge in [0.25, 0.3) is 0 Å². The molecule has 4 N–H and O–H groups in total. The van der Waals surface area contributed by atoms with Crippen molar-refractivity contribution in [1.82, 2.24) is 0 Å². The van der Waals surface area contributed by atoms with E-state index in [0.29, 0.717) is 72.2 Å². The van der Waals surface area contributed by atoms with E-state index in [1.807, 2.05) is 26.8 Å². The standard InChI is InChI=1S/C35H34N2O8/c1-13-10-15-22-27-23(32-31(15)37-35(3,4)20(36-32)8-9-38)16(40)11-18(43-5)25(27)26-19(44-6)12-17(41)24-29(26)28(22)30(21(13)14(2)39)34(45-7)33(24)42/h10-12,20-21,36-38,42H,8-9H2,1-7H3. The van der Waals surface area contributed by atoms with Crippen molar-refractivity contribution in [3.05, 3.63) is 49.3 Å². The van der Waals surface area contributed by atoms with E-state index < -0.39 is 16.9 Å². The fourth-order valence-electron chi connectivity index (χ4n) is 7.89. The molecule has 10 nitrogen and oxygen atoms in total. The number of hydrogen-bond donors (Lipinski definition) is 4. The maximum atomic E-state index is 14.2. The van der Waals surface area contributed by atoms with Crippen molar-refractivity contribution in [3.8, 4) is 23.0 Å². The van der Waals surface area contributed by atoms with Crippen LogP contribution >= 0.6 is 0 Å². The normalized spacial score (nSPS) is 18.5. The number of Topliss-reactive ketones (excluding diaryl/α,β-unsaturated/α-hetero) is 1. The molecule has 0 saturated heterocycles. The number of phenolic OH excluding ortho intramolecular Hbond substituents is 1. The summed E-state index contributed by atoms with van der Waals surface area (Å²) in [5, 5.41) is 32.4. The van der Waals surface area contributed by atoms with E-state index in [0.717, 1.165) is 0 Å². The first-order valence-corrected chi connectivity index (χ1v) is 14.8. The van der Waals surface area contributed by atoms with Crippen molar-refractivity contribution in [3.63, 3.8) is 0 Å². The Morgan fingerprint density at radius 3 is 2.02 bits per heavy atom. The molecule has 0 saturated carbocycles. The van der Waals surface area contributed by atoms with Gasteiger partial charge in [-0.15, -0.1) is 0 Å².